The van der Waals surface area contributed by atoms with Gasteiger partial charge in [0.25, 0.3) is 5.91 Å². The number of carbonyl (C=O) groups is 3. The molecule has 0 spiro atoms. The second kappa shape index (κ2) is 8.46. The summed E-state index contributed by atoms with van der Waals surface area (Å²) in [6, 6.07) is 7.14. The molecule has 2 heterocycles. The number of carbonyl (C=O) groups excluding carboxylic acids is 3. The van der Waals surface area contributed by atoms with Gasteiger partial charge in [0, 0.05) is 11.3 Å². The van der Waals surface area contributed by atoms with Crippen molar-refractivity contribution in [3.63, 3.8) is 0 Å². The summed E-state index contributed by atoms with van der Waals surface area (Å²) in [6.07, 6.45) is 4.08. The molecule has 0 radical (unpaired) electrons. The van der Waals surface area contributed by atoms with Crippen molar-refractivity contribution in [3.05, 3.63) is 51.4 Å². The van der Waals surface area contributed by atoms with Crippen molar-refractivity contribution >= 4 is 34.2 Å². The van der Waals surface area contributed by atoms with Crippen LogP contribution in [0.2, 0.25) is 0 Å². The predicted octanol–water partition coefficient (Wildman–Crippen LogP) is 4.55. The molecular formula is C24H27NO5S. The fraction of sp³-hybridized carbons (Fsp3) is 0.458. The maximum absolute atomic E-state index is 13.3. The van der Waals surface area contributed by atoms with E-state index in [2.05, 4.69) is 12.2 Å². The van der Waals surface area contributed by atoms with E-state index in [0.29, 0.717) is 22.0 Å². The van der Waals surface area contributed by atoms with E-state index in [1.807, 2.05) is 12.1 Å². The van der Waals surface area contributed by atoms with Crippen LogP contribution in [0, 0.1) is 5.92 Å². The van der Waals surface area contributed by atoms with Gasteiger partial charge in [0.1, 0.15) is 5.00 Å². The molecule has 164 valence electrons. The maximum Gasteiger partial charge on any atom is 0.341 e. The summed E-state index contributed by atoms with van der Waals surface area (Å²) in [6.45, 7) is 5.82. The lowest BCUT2D eigenvalue weighted by atomic mass is 9.85. The van der Waals surface area contributed by atoms with E-state index in [9.17, 15) is 14.4 Å². The number of benzene rings is 1. The van der Waals surface area contributed by atoms with Crippen LogP contribution >= 0.6 is 11.3 Å². The molecule has 2 atom stereocenters. The molecule has 0 fully saturated rings. The molecule has 1 aliphatic carbocycles. The zero-order chi connectivity index (χ0) is 22.2. The van der Waals surface area contributed by atoms with Gasteiger partial charge in [-0.2, -0.15) is 0 Å². The Balaban J connectivity index is 1.64. The summed E-state index contributed by atoms with van der Waals surface area (Å²) in [4.78, 5) is 39.6. The second-order valence-corrected chi connectivity index (χ2v) is 9.46. The first kappa shape index (κ1) is 21.6. The molecule has 2 aliphatic rings. The third-order valence-electron chi connectivity index (χ3n) is 6.21. The van der Waals surface area contributed by atoms with E-state index in [0.717, 1.165) is 41.7 Å². The average molecular weight is 442 g/mol. The Morgan fingerprint density at radius 3 is 2.81 bits per heavy atom. The predicted molar refractivity (Wildman–Crippen MR) is 119 cm³/mol. The van der Waals surface area contributed by atoms with E-state index < -0.39 is 23.4 Å². The molecule has 31 heavy (non-hydrogen) atoms. The fourth-order valence-electron chi connectivity index (χ4n) is 4.40. The first-order valence-corrected chi connectivity index (χ1v) is 11.6. The summed E-state index contributed by atoms with van der Waals surface area (Å²) >= 11 is 1.44. The minimum atomic E-state index is -1.35. The normalized spacial score (nSPS) is 22.2. The number of cyclic esters (lactones) is 1. The fourth-order valence-corrected chi connectivity index (χ4v) is 5.75. The van der Waals surface area contributed by atoms with Crippen LogP contribution in [0.25, 0.3) is 0 Å². The van der Waals surface area contributed by atoms with Crippen molar-refractivity contribution in [1.29, 1.82) is 0 Å². The summed E-state index contributed by atoms with van der Waals surface area (Å²) in [5, 5.41) is 3.39. The van der Waals surface area contributed by atoms with Crippen molar-refractivity contribution in [2.75, 3.05) is 11.9 Å². The van der Waals surface area contributed by atoms with Gasteiger partial charge in [-0.15, -0.1) is 11.3 Å². The van der Waals surface area contributed by atoms with Gasteiger partial charge < -0.3 is 14.8 Å². The van der Waals surface area contributed by atoms with Crippen LogP contribution in [-0.2, 0) is 33.5 Å². The Labute approximate surface area is 185 Å². The summed E-state index contributed by atoms with van der Waals surface area (Å²) < 4.78 is 10.8. The Morgan fingerprint density at radius 1 is 1.29 bits per heavy atom. The highest BCUT2D eigenvalue weighted by atomic mass is 32.1. The highest BCUT2D eigenvalue weighted by Crippen LogP contribution is 2.41. The third-order valence-corrected chi connectivity index (χ3v) is 7.38. The third kappa shape index (κ3) is 3.99. The highest BCUT2D eigenvalue weighted by Gasteiger charge is 2.43. The van der Waals surface area contributed by atoms with Gasteiger partial charge >= 0.3 is 11.9 Å². The van der Waals surface area contributed by atoms with Crippen LogP contribution in [0.1, 0.15) is 70.3 Å². The molecule has 1 aromatic heterocycles. The van der Waals surface area contributed by atoms with Crippen LogP contribution < -0.4 is 5.32 Å². The van der Waals surface area contributed by atoms with Gasteiger partial charge in [-0.05, 0) is 56.2 Å². The number of amides is 1. The average Bonchev–Trinajstić information content (AvgIpc) is 3.10. The molecule has 6 nitrogen and oxygen atoms in total. The van der Waals surface area contributed by atoms with Crippen molar-refractivity contribution in [2.24, 2.45) is 5.92 Å². The largest absolute Gasteiger partial charge is 0.462 e. The Kier molecular flexibility index (Phi) is 5.88. The number of nitrogens with one attached hydrogen (secondary N) is 1. The number of esters is 2. The first-order chi connectivity index (χ1) is 14.9. The molecule has 2 aromatic rings. The first-order valence-electron chi connectivity index (χ1n) is 10.8. The molecule has 7 heteroatoms. The van der Waals surface area contributed by atoms with Gasteiger partial charge in [-0.25, -0.2) is 9.59 Å². The smallest absolute Gasteiger partial charge is 0.341 e. The van der Waals surface area contributed by atoms with Crippen LogP contribution in [0.4, 0.5) is 5.00 Å². The van der Waals surface area contributed by atoms with E-state index >= 15 is 0 Å². The zero-order valence-electron chi connectivity index (χ0n) is 18.1. The van der Waals surface area contributed by atoms with Crippen LogP contribution in [0.5, 0.6) is 0 Å². The van der Waals surface area contributed by atoms with Crippen LogP contribution in [-0.4, -0.2) is 30.1 Å². The number of rotatable bonds is 5. The molecule has 0 bridgehead atoms. The SMILES string of the molecule is CCOC(=O)c1c(NC(=O)C2(C)Cc3ccccc3C(=O)O2)sc2c1CCC(CC)C2. The van der Waals surface area contributed by atoms with E-state index in [-0.39, 0.29) is 13.0 Å². The van der Waals surface area contributed by atoms with E-state index in [4.69, 9.17) is 9.47 Å². The number of thiophene rings is 1. The van der Waals surface area contributed by atoms with E-state index in [1.165, 1.54) is 11.3 Å². The molecule has 1 aliphatic heterocycles. The van der Waals surface area contributed by atoms with Gasteiger partial charge in [-0.3, -0.25) is 4.79 Å². The van der Waals surface area contributed by atoms with Gasteiger partial charge in [0.05, 0.1) is 17.7 Å². The number of hydrogen-bond donors (Lipinski definition) is 1. The molecule has 0 saturated carbocycles. The Hall–Kier alpha value is -2.67. The quantitative estimate of drug-likeness (QED) is 0.689. The van der Waals surface area contributed by atoms with Crippen molar-refractivity contribution in [3.8, 4) is 0 Å². The van der Waals surface area contributed by atoms with Crippen molar-refractivity contribution in [1.82, 2.24) is 0 Å². The van der Waals surface area contributed by atoms with Gasteiger partial charge in [0.2, 0.25) is 0 Å². The monoisotopic (exact) mass is 441 g/mol. The summed E-state index contributed by atoms with van der Waals surface area (Å²) in [5.74, 6) is -0.785. The van der Waals surface area contributed by atoms with Gasteiger partial charge in [-0.1, -0.05) is 31.5 Å². The Bertz CT molecular complexity index is 1040. The molecule has 1 amide bonds. The molecule has 0 saturated heterocycles. The number of fused-ring (bicyclic) bond motifs is 2. The minimum Gasteiger partial charge on any atom is -0.462 e. The topological polar surface area (TPSA) is 81.7 Å². The number of anilines is 1. The lowest BCUT2D eigenvalue weighted by molar-refractivity contribution is -0.134. The van der Waals surface area contributed by atoms with E-state index in [1.54, 1.807) is 26.0 Å². The lowest BCUT2D eigenvalue weighted by Gasteiger charge is -2.32. The van der Waals surface area contributed by atoms with Gasteiger partial charge in [0.15, 0.2) is 5.60 Å². The molecule has 4 rings (SSSR count). The molecule has 2 unspecified atom stereocenters. The number of ether oxygens (including phenoxy) is 2. The molecule has 1 N–H and O–H groups in total. The lowest BCUT2D eigenvalue weighted by Crippen LogP contribution is -2.48. The molecule has 1 aromatic carbocycles. The zero-order valence-corrected chi connectivity index (χ0v) is 18.9. The summed E-state index contributed by atoms with van der Waals surface area (Å²) in [5.41, 5.74) is 1.35. The van der Waals surface area contributed by atoms with Crippen LogP contribution in [0.15, 0.2) is 24.3 Å². The van der Waals surface area contributed by atoms with Crippen molar-refractivity contribution in [2.45, 2.75) is 58.5 Å². The van der Waals surface area contributed by atoms with Crippen molar-refractivity contribution < 1.29 is 23.9 Å². The Morgan fingerprint density at radius 2 is 2.06 bits per heavy atom. The highest BCUT2D eigenvalue weighted by molar-refractivity contribution is 7.17. The number of hydrogen-bond acceptors (Lipinski definition) is 6. The minimum absolute atomic E-state index is 0.264. The van der Waals surface area contributed by atoms with Crippen LogP contribution in [0.3, 0.4) is 0 Å². The maximum atomic E-state index is 13.3. The molecular weight excluding hydrogens is 414 g/mol. The summed E-state index contributed by atoms with van der Waals surface area (Å²) in [7, 11) is 0. The second-order valence-electron chi connectivity index (χ2n) is 8.35. The standard InChI is InChI=1S/C24H27NO5S/c1-4-14-10-11-17-18(12-14)31-20(19(17)22(27)29-5-2)25-23(28)24(3)13-15-8-6-7-9-16(15)21(26)30-24/h6-9,14H,4-5,10-13H2,1-3H3,(H,25,28).